The summed E-state index contributed by atoms with van der Waals surface area (Å²) in [5.41, 5.74) is 7.40. The second-order valence-electron chi connectivity index (χ2n) is 3.26. The smallest absolute Gasteiger partial charge is 0.0985 e. The summed E-state index contributed by atoms with van der Waals surface area (Å²) in [5.74, 6) is 0. The summed E-state index contributed by atoms with van der Waals surface area (Å²) in [6, 6.07) is 4.07. The van der Waals surface area contributed by atoms with Crippen LogP contribution in [0.25, 0.3) is 10.6 Å². The fourth-order valence-electron chi connectivity index (χ4n) is 1.32. The molecular formula is C11H13N3S. The Hall–Kier alpha value is -1.26. The number of thiophene rings is 1. The van der Waals surface area contributed by atoms with Gasteiger partial charge in [0.1, 0.15) is 0 Å². The van der Waals surface area contributed by atoms with Crippen LogP contribution in [0.3, 0.4) is 0 Å². The molecule has 0 saturated heterocycles. The molecule has 0 atom stereocenters. The van der Waals surface area contributed by atoms with E-state index in [1.165, 1.54) is 0 Å². The van der Waals surface area contributed by atoms with Crippen LogP contribution in [0.4, 0.5) is 0 Å². The Morgan fingerprint density at radius 2 is 2.20 bits per heavy atom. The van der Waals surface area contributed by atoms with Crippen molar-refractivity contribution in [2.24, 2.45) is 5.73 Å². The highest BCUT2D eigenvalue weighted by atomic mass is 32.1. The lowest BCUT2D eigenvalue weighted by atomic mass is 10.2. The van der Waals surface area contributed by atoms with Gasteiger partial charge in [0.05, 0.1) is 22.5 Å². The van der Waals surface area contributed by atoms with E-state index < -0.39 is 0 Å². The topological polar surface area (TPSA) is 51.8 Å². The van der Waals surface area contributed by atoms with Gasteiger partial charge in [0.15, 0.2) is 0 Å². The molecule has 2 aromatic rings. The van der Waals surface area contributed by atoms with Crippen LogP contribution in [0.1, 0.15) is 12.1 Å². The van der Waals surface area contributed by atoms with Crippen molar-refractivity contribution in [3.05, 3.63) is 35.6 Å². The van der Waals surface area contributed by atoms with Crippen LogP contribution in [0.5, 0.6) is 0 Å². The van der Waals surface area contributed by atoms with Gasteiger partial charge in [0.25, 0.3) is 0 Å². The third kappa shape index (κ3) is 2.61. The van der Waals surface area contributed by atoms with Crippen molar-refractivity contribution in [2.75, 3.05) is 6.54 Å². The van der Waals surface area contributed by atoms with Gasteiger partial charge in [-0.15, -0.1) is 11.3 Å². The molecule has 0 amide bonds. The summed E-state index contributed by atoms with van der Waals surface area (Å²) in [6.07, 6.45) is 5.55. The number of nitrogens with zero attached hydrogens (tertiary/aromatic N) is 2. The lowest BCUT2D eigenvalue weighted by Gasteiger charge is -1.99. The zero-order valence-corrected chi connectivity index (χ0v) is 9.20. The van der Waals surface area contributed by atoms with Gasteiger partial charge in [-0.3, -0.25) is 9.97 Å². The number of aromatic nitrogens is 2. The zero-order chi connectivity index (χ0) is 10.5. The molecule has 0 bridgehead atoms. The highest BCUT2D eigenvalue weighted by Gasteiger charge is 2.01. The largest absolute Gasteiger partial charge is 0.330 e. The minimum absolute atomic E-state index is 0.703. The molecule has 15 heavy (non-hydrogen) atoms. The molecule has 78 valence electrons. The van der Waals surface area contributed by atoms with E-state index >= 15 is 0 Å². The zero-order valence-electron chi connectivity index (χ0n) is 8.39. The number of hydrogen-bond acceptors (Lipinski definition) is 4. The fraction of sp³-hybridized carbons (Fsp3) is 0.273. The molecule has 2 N–H and O–H groups in total. The molecule has 0 fully saturated rings. The summed E-state index contributed by atoms with van der Waals surface area (Å²) in [5, 5.41) is 2.04. The predicted molar refractivity (Wildman–Crippen MR) is 62.7 cm³/mol. The monoisotopic (exact) mass is 219 g/mol. The molecule has 0 aromatic carbocycles. The van der Waals surface area contributed by atoms with E-state index in [1.54, 1.807) is 11.3 Å². The fourth-order valence-corrected chi connectivity index (χ4v) is 2.01. The van der Waals surface area contributed by atoms with Crippen LogP contribution in [-0.2, 0) is 6.42 Å². The maximum Gasteiger partial charge on any atom is 0.0985 e. The number of hydrogen-bond donors (Lipinski definition) is 1. The molecule has 0 saturated carbocycles. The maximum absolute atomic E-state index is 5.44. The third-order valence-electron chi connectivity index (χ3n) is 2.12. The molecule has 2 aromatic heterocycles. The number of rotatable bonds is 4. The summed E-state index contributed by atoms with van der Waals surface area (Å²) >= 11 is 1.68. The van der Waals surface area contributed by atoms with Crippen LogP contribution in [0.15, 0.2) is 29.9 Å². The Balaban J connectivity index is 2.11. The van der Waals surface area contributed by atoms with Gasteiger partial charge in [-0.2, -0.15) is 0 Å². The molecule has 2 heterocycles. The molecule has 0 spiro atoms. The van der Waals surface area contributed by atoms with E-state index in [-0.39, 0.29) is 0 Å². The quantitative estimate of drug-likeness (QED) is 0.856. The summed E-state index contributed by atoms with van der Waals surface area (Å²) in [6.45, 7) is 0.703. The first-order chi connectivity index (χ1) is 7.40. The van der Waals surface area contributed by atoms with Crippen molar-refractivity contribution in [2.45, 2.75) is 12.8 Å². The molecule has 0 unspecified atom stereocenters. The van der Waals surface area contributed by atoms with Gasteiger partial charge >= 0.3 is 0 Å². The van der Waals surface area contributed by atoms with E-state index in [2.05, 4.69) is 9.97 Å². The normalized spacial score (nSPS) is 10.5. The van der Waals surface area contributed by atoms with E-state index in [1.807, 2.05) is 29.9 Å². The summed E-state index contributed by atoms with van der Waals surface area (Å²) < 4.78 is 0. The lowest BCUT2D eigenvalue weighted by molar-refractivity contribution is 0.805. The molecule has 3 nitrogen and oxygen atoms in total. The minimum Gasteiger partial charge on any atom is -0.330 e. The molecule has 0 aliphatic carbocycles. The van der Waals surface area contributed by atoms with Crippen molar-refractivity contribution in [3.63, 3.8) is 0 Å². The SMILES string of the molecule is NCCCc1cnc(-c2cccs2)cn1. The Labute approximate surface area is 93.0 Å². The molecular weight excluding hydrogens is 206 g/mol. The van der Waals surface area contributed by atoms with Gasteiger partial charge in [0.2, 0.25) is 0 Å². The van der Waals surface area contributed by atoms with Crippen LogP contribution in [0, 0.1) is 0 Å². The third-order valence-corrected chi connectivity index (χ3v) is 3.01. The highest BCUT2D eigenvalue weighted by molar-refractivity contribution is 7.13. The predicted octanol–water partition coefficient (Wildman–Crippen LogP) is 2.10. The average molecular weight is 219 g/mol. The number of nitrogens with two attached hydrogens (primary N) is 1. The Bertz CT molecular complexity index is 394. The van der Waals surface area contributed by atoms with Crippen molar-refractivity contribution in [3.8, 4) is 10.6 Å². The van der Waals surface area contributed by atoms with Crippen LogP contribution < -0.4 is 5.73 Å². The first-order valence-corrected chi connectivity index (χ1v) is 5.83. The Morgan fingerprint density at radius 1 is 1.27 bits per heavy atom. The summed E-state index contributed by atoms with van der Waals surface area (Å²) in [7, 11) is 0. The first kappa shape index (κ1) is 10.3. The minimum atomic E-state index is 0.703. The molecule has 0 radical (unpaired) electrons. The van der Waals surface area contributed by atoms with Gasteiger partial charge in [0, 0.05) is 6.20 Å². The first-order valence-electron chi connectivity index (χ1n) is 4.95. The van der Waals surface area contributed by atoms with E-state index in [4.69, 9.17) is 5.73 Å². The average Bonchev–Trinajstić information content (AvgIpc) is 2.80. The molecule has 2 rings (SSSR count). The van der Waals surface area contributed by atoms with Crippen LogP contribution in [-0.4, -0.2) is 16.5 Å². The van der Waals surface area contributed by atoms with E-state index in [0.717, 1.165) is 29.1 Å². The Morgan fingerprint density at radius 3 is 2.80 bits per heavy atom. The number of aryl methyl sites for hydroxylation is 1. The molecule has 0 aliphatic rings. The van der Waals surface area contributed by atoms with Gasteiger partial charge in [-0.05, 0) is 30.8 Å². The van der Waals surface area contributed by atoms with Gasteiger partial charge in [-0.25, -0.2) is 0 Å². The van der Waals surface area contributed by atoms with Gasteiger partial charge < -0.3 is 5.73 Å². The maximum atomic E-state index is 5.44. The van der Waals surface area contributed by atoms with Crippen LogP contribution >= 0.6 is 11.3 Å². The van der Waals surface area contributed by atoms with Crippen molar-refractivity contribution >= 4 is 11.3 Å². The van der Waals surface area contributed by atoms with Gasteiger partial charge in [-0.1, -0.05) is 6.07 Å². The second-order valence-corrected chi connectivity index (χ2v) is 4.21. The van der Waals surface area contributed by atoms with Crippen LogP contribution in [0.2, 0.25) is 0 Å². The lowest BCUT2D eigenvalue weighted by Crippen LogP contribution is -2.01. The summed E-state index contributed by atoms with van der Waals surface area (Å²) in [4.78, 5) is 9.90. The van der Waals surface area contributed by atoms with Crippen molar-refractivity contribution in [1.82, 2.24) is 9.97 Å². The van der Waals surface area contributed by atoms with E-state index in [9.17, 15) is 0 Å². The Kier molecular flexibility index (Phi) is 3.42. The molecule has 0 aliphatic heterocycles. The van der Waals surface area contributed by atoms with Crippen molar-refractivity contribution in [1.29, 1.82) is 0 Å². The highest BCUT2D eigenvalue weighted by Crippen LogP contribution is 2.21. The molecule has 4 heteroatoms. The second kappa shape index (κ2) is 5.00. The standard InChI is InChI=1S/C11H13N3S/c12-5-1-3-9-7-14-10(8-13-9)11-4-2-6-15-11/h2,4,6-8H,1,3,5,12H2. The van der Waals surface area contributed by atoms with Crippen molar-refractivity contribution < 1.29 is 0 Å². The van der Waals surface area contributed by atoms with E-state index in [0.29, 0.717) is 6.54 Å².